The fourth-order valence-corrected chi connectivity index (χ4v) is 1.77. The van der Waals surface area contributed by atoms with Crippen LogP contribution in [0.4, 0.5) is 0 Å². The summed E-state index contributed by atoms with van der Waals surface area (Å²) < 4.78 is 0. The van der Waals surface area contributed by atoms with Crippen LogP contribution in [0.3, 0.4) is 0 Å². The number of carbonyl (C=O) groups is 1. The number of carbonyl (C=O) groups excluding carboxylic acids is 1. The normalized spacial score (nSPS) is 10.1. The summed E-state index contributed by atoms with van der Waals surface area (Å²) in [5.41, 5.74) is 5.64. The van der Waals surface area contributed by atoms with Crippen molar-refractivity contribution in [3.63, 3.8) is 0 Å². The lowest BCUT2D eigenvalue weighted by Crippen LogP contribution is -2.38. The van der Waals surface area contributed by atoms with Gasteiger partial charge in [-0.3, -0.25) is 4.79 Å². The number of rotatable bonds is 5. The second kappa shape index (κ2) is 6.20. The third-order valence-electron chi connectivity index (χ3n) is 2.28. The van der Waals surface area contributed by atoms with E-state index in [-0.39, 0.29) is 34.5 Å². The molecule has 0 radical (unpaired) electrons. The molecule has 1 amide bonds. The zero-order valence-electron chi connectivity index (χ0n) is 10.1. The molecule has 0 atom stereocenters. The molecule has 1 aromatic carbocycles. The maximum atomic E-state index is 12.2. The molecule has 0 unspecified atom stereocenters. The largest absolute Gasteiger partial charge is 0.508 e. The summed E-state index contributed by atoms with van der Waals surface area (Å²) in [5.74, 6) is -0.647. The zero-order chi connectivity index (χ0) is 13.7. The number of phenols is 2. The first-order valence-electron chi connectivity index (χ1n) is 5.54. The highest BCUT2D eigenvalue weighted by Gasteiger charge is 2.17. The lowest BCUT2D eigenvalue weighted by atomic mass is 10.1. The van der Waals surface area contributed by atoms with Crippen LogP contribution in [-0.2, 0) is 0 Å². The van der Waals surface area contributed by atoms with Crippen molar-refractivity contribution in [1.82, 2.24) is 4.90 Å². The van der Waals surface area contributed by atoms with E-state index < -0.39 is 0 Å². The minimum Gasteiger partial charge on any atom is -0.508 e. The molecule has 0 bridgehead atoms. The Morgan fingerprint density at radius 1 is 1.33 bits per heavy atom. The smallest absolute Gasteiger partial charge is 0.254 e. The first-order chi connectivity index (χ1) is 8.43. The van der Waals surface area contributed by atoms with E-state index >= 15 is 0 Å². The highest BCUT2D eigenvalue weighted by molar-refractivity contribution is 7.80. The number of hydrogen-bond acceptors (Lipinski definition) is 4. The van der Waals surface area contributed by atoms with Gasteiger partial charge < -0.3 is 20.8 Å². The summed E-state index contributed by atoms with van der Waals surface area (Å²) in [6, 6.07) is 3.75. The fraction of sp³-hybridized carbons (Fsp3) is 0.333. The lowest BCUT2D eigenvalue weighted by Gasteiger charge is -2.21. The Kier molecular flexibility index (Phi) is 4.91. The van der Waals surface area contributed by atoms with E-state index in [4.69, 9.17) is 18.0 Å². The maximum absolute atomic E-state index is 12.2. The van der Waals surface area contributed by atoms with Gasteiger partial charge in [0.1, 0.15) is 11.5 Å². The summed E-state index contributed by atoms with van der Waals surface area (Å²) in [4.78, 5) is 13.9. The molecule has 1 aromatic rings. The molecule has 5 nitrogen and oxygen atoms in total. The van der Waals surface area contributed by atoms with E-state index in [9.17, 15) is 15.0 Å². The Hall–Kier alpha value is -1.82. The van der Waals surface area contributed by atoms with Crippen molar-refractivity contribution in [3.8, 4) is 11.5 Å². The number of nitrogens with zero attached hydrogens (tertiary/aromatic N) is 1. The van der Waals surface area contributed by atoms with Crippen LogP contribution in [0.5, 0.6) is 11.5 Å². The standard InChI is InChI=1S/C12H16N2O3S/c1-2-3-14(7-11(13)18)12(17)8-4-9(15)6-10(16)5-8/h4-6,15-16H,2-3,7H2,1H3,(H2,13,18). The van der Waals surface area contributed by atoms with E-state index in [0.29, 0.717) is 6.54 Å². The Labute approximate surface area is 111 Å². The van der Waals surface area contributed by atoms with Crippen molar-refractivity contribution in [1.29, 1.82) is 0 Å². The predicted octanol–water partition coefficient (Wildman–Crippen LogP) is 1.24. The van der Waals surface area contributed by atoms with Crippen molar-refractivity contribution in [2.24, 2.45) is 5.73 Å². The highest BCUT2D eigenvalue weighted by Crippen LogP contribution is 2.21. The maximum Gasteiger partial charge on any atom is 0.254 e. The Balaban J connectivity index is 2.97. The lowest BCUT2D eigenvalue weighted by molar-refractivity contribution is 0.0779. The molecular formula is C12H16N2O3S. The van der Waals surface area contributed by atoms with E-state index in [0.717, 1.165) is 12.5 Å². The van der Waals surface area contributed by atoms with Gasteiger partial charge in [0.2, 0.25) is 0 Å². The Bertz CT molecular complexity index is 442. The molecule has 0 saturated carbocycles. The third kappa shape index (κ3) is 3.89. The van der Waals surface area contributed by atoms with Gasteiger partial charge in [0, 0.05) is 18.2 Å². The quantitative estimate of drug-likeness (QED) is 0.699. The summed E-state index contributed by atoms with van der Waals surface area (Å²) in [7, 11) is 0. The second-order valence-corrected chi connectivity index (χ2v) is 4.46. The average molecular weight is 268 g/mol. The number of aromatic hydroxyl groups is 2. The van der Waals surface area contributed by atoms with Gasteiger partial charge in [-0.2, -0.15) is 0 Å². The fourth-order valence-electron chi connectivity index (χ4n) is 1.61. The minimum atomic E-state index is -0.323. The SMILES string of the molecule is CCCN(CC(N)=S)C(=O)c1cc(O)cc(O)c1. The first-order valence-corrected chi connectivity index (χ1v) is 5.95. The topological polar surface area (TPSA) is 86.8 Å². The number of phenolic OH excluding ortho intramolecular Hbond substituents is 2. The van der Waals surface area contributed by atoms with E-state index in [2.05, 4.69) is 0 Å². The Morgan fingerprint density at radius 3 is 2.33 bits per heavy atom. The van der Waals surface area contributed by atoms with Crippen LogP contribution < -0.4 is 5.73 Å². The van der Waals surface area contributed by atoms with Crippen LogP contribution >= 0.6 is 12.2 Å². The molecule has 0 aliphatic rings. The molecule has 98 valence electrons. The summed E-state index contributed by atoms with van der Waals surface area (Å²) in [6.07, 6.45) is 0.763. The Morgan fingerprint density at radius 2 is 1.89 bits per heavy atom. The van der Waals surface area contributed by atoms with Gasteiger partial charge in [0.05, 0.1) is 11.5 Å². The van der Waals surface area contributed by atoms with Gasteiger partial charge in [-0.25, -0.2) is 0 Å². The summed E-state index contributed by atoms with van der Waals surface area (Å²) in [5, 5.41) is 18.7. The average Bonchev–Trinajstić information content (AvgIpc) is 2.25. The van der Waals surface area contributed by atoms with Crippen LogP contribution in [0.1, 0.15) is 23.7 Å². The number of hydrogen-bond donors (Lipinski definition) is 3. The third-order valence-corrected chi connectivity index (χ3v) is 2.41. The molecular weight excluding hydrogens is 252 g/mol. The van der Waals surface area contributed by atoms with E-state index in [1.165, 1.54) is 17.0 Å². The minimum absolute atomic E-state index is 0.162. The van der Waals surface area contributed by atoms with Crippen LogP contribution in [0.25, 0.3) is 0 Å². The molecule has 6 heteroatoms. The van der Waals surface area contributed by atoms with Gasteiger partial charge in [-0.05, 0) is 18.6 Å². The van der Waals surface area contributed by atoms with Crippen molar-refractivity contribution in [3.05, 3.63) is 23.8 Å². The molecule has 0 aromatic heterocycles. The molecule has 0 fully saturated rings. The molecule has 18 heavy (non-hydrogen) atoms. The highest BCUT2D eigenvalue weighted by atomic mass is 32.1. The van der Waals surface area contributed by atoms with Gasteiger partial charge in [0.15, 0.2) is 0 Å². The van der Waals surface area contributed by atoms with Crippen LogP contribution in [-0.4, -0.2) is 39.1 Å². The van der Waals surface area contributed by atoms with Crippen molar-refractivity contribution < 1.29 is 15.0 Å². The van der Waals surface area contributed by atoms with Crippen molar-refractivity contribution in [2.45, 2.75) is 13.3 Å². The molecule has 0 heterocycles. The summed E-state index contributed by atoms with van der Waals surface area (Å²) in [6.45, 7) is 2.62. The van der Waals surface area contributed by atoms with Crippen LogP contribution in [0.2, 0.25) is 0 Å². The molecule has 4 N–H and O–H groups in total. The monoisotopic (exact) mass is 268 g/mol. The molecule has 0 aliphatic carbocycles. The van der Waals surface area contributed by atoms with E-state index in [1.54, 1.807) is 0 Å². The van der Waals surface area contributed by atoms with Gasteiger partial charge in [-0.1, -0.05) is 19.1 Å². The zero-order valence-corrected chi connectivity index (χ0v) is 10.9. The van der Waals surface area contributed by atoms with Crippen molar-refractivity contribution in [2.75, 3.05) is 13.1 Å². The van der Waals surface area contributed by atoms with Gasteiger partial charge in [0.25, 0.3) is 5.91 Å². The van der Waals surface area contributed by atoms with Gasteiger partial charge in [-0.15, -0.1) is 0 Å². The number of benzene rings is 1. The number of nitrogens with two attached hydrogens (primary N) is 1. The molecule has 0 saturated heterocycles. The van der Waals surface area contributed by atoms with E-state index in [1.807, 2.05) is 6.92 Å². The number of amides is 1. The molecule has 0 aliphatic heterocycles. The van der Waals surface area contributed by atoms with Gasteiger partial charge >= 0.3 is 0 Å². The first kappa shape index (κ1) is 14.2. The summed E-state index contributed by atoms with van der Waals surface area (Å²) >= 11 is 4.79. The van der Waals surface area contributed by atoms with Crippen molar-refractivity contribution >= 4 is 23.1 Å². The van der Waals surface area contributed by atoms with Crippen LogP contribution in [0.15, 0.2) is 18.2 Å². The van der Waals surface area contributed by atoms with Crippen LogP contribution in [0, 0.1) is 0 Å². The number of thiocarbonyl (C=S) groups is 1. The second-order valence-electron chi connectivity index (χ2n) is 3.93. The predicted molar refractivity (Wildman–Crippen MR) is 72.8 cm³/mol. The molecule has 1 rings (SSSR count). The molecule has 0 spiro atoms.